The van der Waals surface area contributed by atoms with Crippen LogP contribution in [0.1, 0.15) is 20.8 Å². The van der Waals surface area contributed by atoms with Crippen molar-refractivity contribution in [1.82, 2.24) is 0 Å². The molecule has 154 valence electrons. The van der Waals surface area contributed by atoms with Crippen LogP contribution in [0.3, 0.4) is 0 Å². The van der Waals surface area contributed by atoms with Crippen LogP contribution >= 0.6 is 11.6 Å². The lowest BCUT2D eigenvalue weighted by molar-refractivity contribution is -0.384. The minimum absolute atomic E-state index is 0.0146. The SMILES string of the molecule is CN(C(=O)C(C)(C)C)c1ccc(OCC(=O)Nc2ccc(Cl)c([N+](=O)[O-])c2)cc1. The Morgan fingerprint density at radius 3 is 2.34 bits per heavy atom. The van der Waals surface area contributed by atoms with Crippen molar-refractivity contribution < 1.29 is 19.2 Å². The molecule has 1 N–H and O–H groups in total. The van der Waals surface area contributed by atoms with Gasteiger partial charge < -0.3 is 15.0 Å². The third-order valence-corrected chi connectivity index (χ3v) is 4.29. The number of benzene rings is 2. The number of nitrogens with zero attached hydrogens (tertiary/aromatic N) is 2. The molecule has 2 amide bonds. The predicted octanol–water partition coefficient (Wildman–Crippen LogP) is 4.27. The molecule has 0 aliphatic carbocycles. The van der Waals surface area contributed by atoms with Crippen LogP contribution in [-0.4, -0.2) is 30.4 Å². The molecule has 0 aromatic heterocycles. The number of amides is 2. The number of carbonyl (C=O) groups is 2. The largest absolute Gasteiger partial charge is 0.484 e. The summed E-state index contributed by atoms with van der Waals surface area (Å²) < 4.78 is 5.43. The molecule has 0 fully saturated rings. The minimum Gasteiger partial charge on any atom is -0.484 e. The molecule has 2 aromatic carbocycles. The highest BCUT2D eigenvalue weighted by molar-refractivity contribution is 6.32. The van der Waals surface area contributed by atoms with E-state index >= 15 is 0 Å². The Morgan fingerprint density at radius 1 is 1.17 bits per heavy atom. The van der Waals surface area contributed by atoms with Crippen molar-refractivity contribution in [2.24, 2.45) is 5.41 Å². The number of nitro groups is 1. The number of rotatable bonds is 6. The van der Waals surface area contributed by atoms with Crippen molar-refractivity contribution in [2.75, 3.05) is 23.9 Å². The van der Waals surface area contributed by atoms with E-state index in [-0.39, 0.29) is 28.9 Å². The molecule has 0 bridgehead atoms. The van der Waals surface area contributed by atoms with Crippen LogP contribution in [-0.2, 0) is 9.59 Å². The Bertz CT molecular complexity index is 923. The van der Waals surface area contributed by atoms with E-state index in [1.165, 1.54) is 18.2 Å². The second-order valence-corrected chi connectivity index (χ2v) is 7.78. The lowest BCUT2D eigenvalue weighted by Crippen LogP contribution is -2.36. The normalized spacial score (nSPS) is 10.9. The smallest absolute Gasteiger partial charge is 0.289 e. The van der Waals surface area contributed by atoms with E-state index < -0.39 is 16.2 Å². The van der Waals surface area contributed by atoms with Gasteiger partial charge in [-0.1, -0.05) is 32.4 Å². The van der Waals surface area contributed by atoms with Crippen LogP contribution < -0.4 is 15.0 Å². The highest BCUT2D eigenvalue weighted by Crippen LogP contribution is 2.27. The molecule has 2 rings (SSSR count). The van der Waals surface area contributed by atoms with Crippen LogP contribution in [0.15, 0.2) is 42.5 Å². The van der Waals surface area contributed by atoms with Gasteiger partial charge in [0.1, 0.15) is 10.8 Å². The standard InChI is InChI=1S/C20H22ClN3O5/c1-20(2,3)19(26)23(4)14-6-8-15(9-7-14)29-12-18(25)22-13-5-10-16(21)17(11-13)24(27)28/h5-11H,12H2,1-4H3,(H,22,25). The van der Waals surface area contributed by atoms with Gasteiger partial charge in [0.25, 0.3) is 11.6 Å². The molecule has 0 radical (unpaired) electrons. The fourth-order valence-corrected chi connectivity index (χ4v) is 2.65. The van der Waals surface area contributed by atoms with Crippen molar-refractivity contribution in [3.8, 4) is 5.75 Å². The van der Waals surface area contributed by atoms with Crippen LogP contribution in [0.5, 0.6) is 5.75 Å². The summed E-state index contributed by atoms with van der Waals surface area (Å²) in [6.07, 6.45) is 0. The first-order valence-corrected chi connectivity index (χ1v) is 9.11. The van der Waals surface area contributed by atoms with E-state index in [1.54, 1.807) is 36.2 Å². The van der Waals surface area contributed by atoms with Gasteiger partial charge in [0.05, 0.1) is 4.92 Å². The van der Waals surface area contributed by atoms with E-state index in [4.69, 9.17) is 16.3 Å². The second-order valence-electron chi connectivity index (χ2n) is 7.37. The Hall–Kier alpha value is -3.13. The summed E-state index contributed by atoms with van der Waals surface area (Å²) in [6.45, 7) is 5.25. The summed E-state index contributed by atoms with van der Waals surface area (Å²) in [5.74, 6) is -0.0593. The van der Waals surface area contributed by atoms with Gasteiger partial charge in [0, 0.05) is 29.9 Å². The van der Waals surface area contributed by atoms with Gasteiger partial charge in [-0.05, 0) is 36.4 Å². The van der Waals surface area contributed by atoms with Crippen LogP contribution in [0.25, 0.3) is 0 Å². The first-order valence-electron chi connectivity index (χ1n) is 8.74. The fraction of sp³-hybridized carbons (Fsp3) is 0.300. The van der Waals surface area contributed by atoms with E-state index in [1.807, 2.05) is 20.8 Å². The quantitative estimate of drug-likeness (QED) is 0.556. The number of hydrogen-bond acceptors (Lipinski definition) is 5. The molecule has 0 heterocycles. The monoisotopic (exact) mass is 419 g/mol. The number of hydrogen-bond donors (Lipinski definition) is 1. The number of nitro benzene ring substituents is 1. The zero-order valence-electron chi connectivity index (χ0n) is 16.6. The molecular formula is C20H22ClN3O5. The molecule has 0 saturated heterocycles. The molecule has 0 atom stereocenters. The van der Waals surface area contributed by atoms with Gasteiger partial charge >= 0.3 is 0 Å². The van der Waals surface area contributed by atoms with E-state index in [2.05, 4.69) is 5.32 Å². The molecule has 0 aliphatic rings. The zero-order chi connectivity index (χ0) is 21.8. The maximum atomic E-state index is 12.3. The van der Waals surface area contributed by atoms with E-state index in [0.717, 1.165) is 0 Å². The molecule has 29 heavy (non-hydrogen) atoms. The predicted molar refractivity (Wildman–Crippen MR) is 112 cm³/mol. The average Bonchev–Trinajstić information content (AvgIpc) is 2.66. The van der Waals surface area contributed by atoms with E-state index in [9.17, 15) is 19.7 Å². The minimum atomic E-state index is -0.628. The maximum Gasteiger partial charge on any atom is 0.289 e. The summed E-state index contributed by atoms with van der Waals surface area (Å²) in [6, 6.07) is 10.7. The first-order chi connectivity index (χ1) is 13.5. The topological polar surface area (TPSA) is 102 Å². The van der Waals surface area contributed by atoms with Crippen molar-refractivity contribution in [3.63, 3.8) is 0 Å². The van der Waals surface area contributed by atoms with Gasteiger partial charge in [-0.15, -0.1) is 0 Å². The summed E-state index contributed by atoms with van der Waals surface area (Å²) in [7, 11) is 1.70. The lowest BCUT2D eigenvalue weighted by Gasteiger charge is -2.26. The summed E-state index contributed by atoms with van der Waals surface area (Å²) in [5, 5.41) is 13.4. The van der Waals surface area contributed by atoms with Crippen molar-refractivity contribution in [2.45, 2.75) is 20.8 Å². The lowest BCUT2D eigenvalue weighted by atomic mass is 9.95. The van der Waals surface area contributed by atoms with Gasteiger partial charge in [-0.25, -0.2) is 0 Å². The zero-order valence-corrected chi connectivity index (χ0v) is 17.3. The van der Waals surface area contributed by atoms with Crippen LogP contribution in [0.2, 0.25) is 5.02 Å². The molecular weight excluding hydrogens is 398 g/mol. The van der Waals surface area contributed by atoms with Gasteiger partial charge in [0.2, 0.25) is 5.91 Å². The third kappa shape index (κ3) is 5.92. The Kier molecular flexibility index (Phi) is 6.81. The molecule has 0 spiro atoms. The Morgan fingerprint density at radius 2 is 1.79 bits per heavy atom. The Balaban J connectivity index is 1.95. The summed E-state index contributed by atoms with van der Waals surface area (Å²) in [5.41, 5.74) is 0.149. The number of nitrogens with one attached hydrogen (secondary N) is 1. The third-order valence-electron chi connectivity index (χ3n) is 3.97. The van der Waals surface area contributed by atoms with Crippen LogP contribution in [0, 0.1) is 15.5 Å². The van der Waals surface area contributed by atoms with Crippen molar-refractivity contribution in [3.05, 3.63) is 57.6 Å². The summed E-state index contributed by atoms with van der Waals surface area (Å²) >= 11 is 5.74. The molecule has 9 heteroatoms. The number of anilines is 2. The van der Waals surface area contributed by atoms with Gasteiger partial charge in [0.15, 0.2) is 6.61 Å². The molecule has 2 aromatic rings. The number of ether oxygens (including phenoxy) is 1. The fourth-order valence-electron chi connectivity index (χ4n) is 2.46. The highest BCUT2D eigenvalue weighted by atomic mass is 35.5. The molecule has 8 nitrogen and oxygen atoms in total. The van der Waals surface area contributed by atoms with E-state index in [0.29, 0.717) is 11.4 Å². The molecule has 0 aliphatic heterocycles. The van der Waals surface area contributed by atoms with Crippen molar-refractivity contribution in [1.29, 1.82) is 0 Å². The molecule has 0 saturated carbocycles. The number of carbonyl (C=O) groups excluding carboxylic acids is 2. The van der Waals surface area contributed by atoms with Crippen molar-refractivity contribution >= 4 is 40.5 Å². The second kappa shape index (κ2) is 8.91. The van der Waals surface area contributed by atoms with Gasteiger partial charge in [-0.3, -0.25) is 19.7 Å². The maximum absolute atomic E-state index is 12.3. The number of halogens is 1. The first kappa shape index (κ1) is 22.2. The Labute approximate surface area is 173 Å². The summed E-state index contributed by atoms with van der Waals surface area (Å²) in [4.78, 5) is 36.2. The van der Waals surface area contributed by atoms with Crippen LogP contribution in [0.4, 0.5) is 17.1 Å². The van der Waals surface area contributed by atoms with Gasteiger partial charge in [-0.2, -0.15) is 0 Å². The average molecular weight is 420 g/mol. The highest BCUT2D eigenvalue weighted by Gasteiger charge is 2.25. The molecule has 0 unspecified atom stereocenters.